The number of benzene rings is 1. The zero-order valence-corrected chi connectivity index (χ0v) is 18.3. The minimum absolute atomic E-state index is 0.291. The van der Waals surface area contributed by atoms with Gasteiger partial charge in [0, 0.05) is 22.8 Å². The number of fused-ring (bicyclic) bond motifs is 1. The normalized spacial score (nSPS) is 14.3. The molecule has 31 heavy (non-hydrogen) atoms. The zero-order chi connectivity index (χ0) is 21.8. The van der Waals surface area contributed by atoms with E-state index in [1.165, 1.54) is 12.1 Å². The predicted octanol–water partition coefficient (Wildman–Crippen LogP) is 6.29. The molecule has 160 valence electrons. The Morgan fingerprint density at radius 3 is 2.55 bits per heavy atom. The molecule has 1 aromatic carbocycles. The van der Waals surface area contributed by atoms with Gasteiger partial charge in [0.25, 0.3) is 0 Å². The first-order valence-electron chi connectivity index (χ1n) is 9.70. The molecule has 5 nitrogen and oxygen atoms in total. The van der Waals surface area contributed by atoms with Gasteiger partial charge >= 0.3 is 0 Å². The summed E-state index contributed by atoms with van der Waals surface area (Å²) in [4.78, 5) is 9.92. The van der Waals surface area contributed by atoms with Crippen molar-refractivity contribution < 1.29 is 19.0 Å². The number of pyridine rings is 2. The van der Waals surface area contributed by atoms with E-state index in [0.29, 0.717) is 13.2 Å². The molecule has 0 spiro atoms. The van der Waals surface area contributed by atoms with E-state index in [1.54, 1.807) is 30.5 Å². The number of aryl methyl sites for hydroxylation is 1. The van der Waals surface area contributed by atoms with Crippen LogP contribution in [0.5, 0.6) is 5.75 Å². The smallest absolute Gasteiger partial charge is 0.201 e. The van der Waals surface area contributed by atoms with E-state index in [2.05, 4.69) is 9.97 Å². The van der Waals surface area contributed by atoms with Crippen LogP contribution in [0.4, 0.5) is 4.39 Å². The van der Waals surface area contributed by atoms with Gasteiger partial charge in [-0.3, -0.25) is 9.97 Å². The van der Waals surface area contributed by atoms with Crippen molar-refractivity contribution in [1.82, 2.24) is 9.97 Å². The third-order valence-electron chi connectivity index (χ3n) is 4.61. The van der Waals surface area contributed by atoms with Gasteiger partial charge < -0.3 is 14.6 Å². The summed E-state index contributed by atoms with van der Waals surface area (Å²) in [6.07, 6.45) is 4.15. The number of hydrogen-bond acceptors (Lipinski definition) is 6. The number of phenols is 1. The summed E-state index contributed by atoms with van der Waals surface area (Å²) < 4.78 is 24.5. The summed E-state index contributed by atoms with van der Waals surface area (Å²) in [5.74, 6) is -0.851. The van der Waals surface area contributed by atoms with Crippen LogP contribution < -0.4 is 0 Å². The molecule has 1 saturated heterocycles. The molecule has 0 atom stereocenters. The van der Waals surface area contributed by atoms with Gasteiger partial charge in [-0.1, -0.05) is 23.7 Å². The molecule has 1 N–H and O–H groups in total. The molecule has 3 aromatic heterocycles. The SMILES string of the molecule is Cc1ccc(O)c(F)c1.Clc1ccnc2cc(-c3ccc(C4OCCCO4)nc3)sc12. The lowest BCUT2D eigenvalue weighted by Gasteiger charge is -2.22. The topological polar surface area (TPSA) is 64.5 Å². The Bertz CT molecular complexity index is 1180. The van der Waals surface area contributed by atoms with Crippen molar-refractivity contribution in [3.63, 3.8) is 0 Å². The lowest BCUT2D eigenvalue weighted by Crippen LogP contribution is -2.18. The Kier molecular flexibility index (Phi) is 6.77. The largest absolute Gasteiger partial charge is 0.505 e. The lowest BCUT2D eigenvalue weighted by atomic mass is 10.2. The summed E-state index contributed by atoms with van der Waals surface area (Å²) in [5, 5.41) is 9.40. The Labute approximate surface area is 188 Å². The number of nitrogens with zero attached hydrogens (tertiary/aromatic N) is 2. The highest BCUT2D eigenvalue weighted by atomic mass is 35.5. The van der Waals surface area contributed by atoms with Gasteiger partial charge in [0.2, 0.25) is 6.29 Å². The van der Waals surface area contributed by atoms with E-state index in [9.17, 15) is 4.39 Å². The summed E-state index contributed by atoms with van der Waals surface area (Å²) in [7, 11) is 0. The van der Waals surface area contributed by atoms with Crippen LogP contribution in [0.2, 0.25) is 5.02 Å². The molecule has 0 radical (unpaired) electrons. The first-order valence-corrected chi connectivity index (χ1v) is 10.9. The average molecular weight is 459 g/mol. The van der Waals surface area contributed by atoms with Crippen molar-refractivity contribution in [3.05, 3.63) is 77.0 Å². The molecule has 0 unspecified atom stereocenters. The molecule has 0 aliphatic carbocycles. The van der Waals surface area contributed by atoms with Gasteiger partial charge in [-0.2, -0.15) is 0 Å². The molecule has 0 amide bonds. The third-order valence-corrected chi connectivity index (χ3v) is 6.24. The molecular weight excluding hydrogens is 439 g/mol. The Morgan fingerprint density at radius 2 is 1.90 bits per heavy atom. The fourth-order valence-electron chi connectivity index (χ4n) is 3.01. The quantitative estimate of drug-likeness (QED) is 0.382. The van der Waals surface area contributed by atoms with Gasteiger partial charge in [-0.05, 0) is 49.2 Å². The molecule has 0 bridgehead atoms. The van der Waals surface area contributed by atoms with Crippen molar-refractivity contribution in [2.24, 2.45) is 0 Å². The third kappa shape index (κ3) is 5.19. The van der Waals surface area contributed by atoms with Gasteiger partial charge in [-0.25, -0.2) is 4.39 Å². The van der Waals surface area contributed by atoms with Crippen LogP contribution >= 0.6 is 22.9 Å². The maximum absolute atomic E-state index is 12.3. The van der Waals surface area contributed by atoms with Gasteiger partial charge in [0.15, 0.2) is 11.6 Å². The Hall–Kier alpha value is -2.58. The Morgan fingerprint density at radius 1 is 1.10 bits per heavy atom. The van der Waals surface area contributed by atoms with Crippen molar-refractivity contribution in [1.29, 1.82) is 0 Å². The van der Waals surface area contributed by atoms with Crippen LogP contribution in [0.1, 0.15) is 24.0 Å². The second-order valence-electron chi connectivity index (χ2n) is 6.97. The molecule has 1 fully saturated rings. The molecule has 5 rings (SSSR count). The van der Waals surface area contributed by atoms with Crippen LogP contribution in [0, 0.1) is 12.7 Å². The van der Waals surface area contributed by atoms with Crippen LogP contribution in [0.3, 0.4) is 0 Å². The number of phenolic OH excluding ortho intramolecular Hbond substituents is 1. The molecule has 8 heteroatoms. The second-order valence-corrected chi connectivity index (χ2v) is 8.43. The van der Waals surface area contributed by atoms with Crippen molar-refractivity contribution in [3.8, 4) is 16.2 Å². The first-order chi connectivity index (χ1) is 15.0. The summed E-state index contributed by atoms with van der Waals surface area (Å²) in [6, 6.07) is 12.1. The number of ether oxygens (including phenoxy) is 2. The highest BCUT2D eigenvalue weighted by molar-refractivity contribution is 7.22. The van der Waals surface area contributed by atoms with Crippen LogP contribution in [0.15, 0.2) is 54.9 Å². The maximum atomic E-state index is 12.3. The van der Waals surface area contributed by atoms with Gasteiger partial charge in [-0.15, -0.1) is 11.3 Å². The molecular formula is C23H20ClFN2O3S. The van der Waals surface area contributed by atoms with Crippen molar-refractivity contribution in [2.45, 2.75) is 19.6 Å². The number of aromatic hydroxyl groups is 1. The molecule has 4 heterocycles. The van der Waals surface area contributed by atoms with E-state index >= 15 is 0 Å². The fourth-order valence-corrected chi connectivity index (χ4v) is 4.29. The van der Waals surface area contributed by atoms with Crippen LogP contribution in [-0.4, -0.2) is 28.3 Å². The molecule has 4 aromatic rings. The standard InChI is InChI=1S/C16H13ClN2O2S.C7H7FO/c17-11-4-5-18-13-8-14(22-15(11)13)10-2-3-12(19-9-10)16-20-6-1-7-21-16;1-5-2-3-7(9)6(8)4-5/h2-5,8-9,16H,1,6-7H2;2-4,9H,1H3. The van der Waals surface area contributed by atoms with Crippen LogP contribution in [0.25, 0.3) is 20.7 Å². The monoisotopic (exact) mass is 458 g/mol. The minimum atomic E-state index is -0.560. The molecule has 1 aliphatic rings. The van der Waals surface area contributed by atoms with E-state index in [0.717, 1.165) is 43.4 Å². The summed E-state index contributed by atoms with van der Waals surface area (Å²) in [6.45, 7) is 3.20. The Balaban J connectivity index is 0.000000217. The van der Waals surface area contributed by atoms with Crippen molar-refractivity contribution >= 4 is 33.2 Å². The number of halogens is 2. The number of rotatable bonds is 2. The predicted molar refractivity (Wildman–Crippen MR) is 120 cm³/mol. The molecule has 0 saturated carbocycles. The number of aromatic nitrogens is 2. The van der Waals surface area contributed by atoms with E-state index < -0.39 is 5.82 Å². The second kappa shape index (κ2) is 9.70. The summed E-state index contributed by atoms with van der Waals surface area (Å²) in [5.41, 5.74) is 3.57. The fraction of sp³-hybridized carbons (Fsp3) is 0.217. The zero-order valence-electron chi connectivity index (χ0n) is 16.7. The minimum Gasteiger partial charge on any atom is -0.505 e. The van der Waals surface area contributed by atoms with Gasteiger partial charge in [0.1, 0.15) is 0 Å². The highest BCUT2D eigenvalue weighted by Gasteiger charge is 2.18. The summed E-state index contributed by atoms with van der Waals surface area (Å²) >= 11 is 7.83. The van der Waals surface area contributed by atoms with E-state index in [1.807, 2.05) is 30.5 Å². The number of thiophene rings is 1. The number of hydrogen-bond donors (Lipinski definition) is 1. The average Bonchev–Trinajstić information content (AvgIpc) is 3.24. The maximum Gasteiger partial charge on any atom is 0.201 e. The van der Waals surface area contributed by atoms with Crippen molar-refractivity contribution in [2.75, 3.05) is 13.2 Å². The van der Waals surface area contributed by atoms with Crippen LogP contribution in [-0.2, 0) is 9.47 Å². The molecule has 1 aliphatic heterocycles. The van der Waals surface area contributed by atoms with E-state index in [4.69, 9.17) is 26.2 Å². The lowest BCUT2D eigenvalue weighted by molar-refractivity contribution is -0.185. The van der Waals surface area contributed by atoms with E-state index in [-0.39, 0.29) is 12.0 Å². The first kappa shape index (κ1) is 21.6. The van der Waals surface area contributed by atoms with Gasteiger partial charge in [0.05, 0.1) is 34.1 Å². The highest BCUT2D eigenvalue weighted by Crippen LogP contribution is 2.36.